The molecular weight excluding hydrogens is 504 g/mol. The maximum Gasteiger partial charge on any atom is 0.253 e. The number of sulfonamides is 1. The topological polar surface area (TPSA) is 73.8 Å². The molecule has 1 aliphatic heterocycles. The quantitative estimate of drug-likeness (QED) is 0.359. The van der Waals surface area contributed by atoms with Gasteiger partial charge < -0.3 is 9.80 Å². The molecule has 9 heteroatoms. The molecule has 192 valence electrons. The molecule has 0 radical (unpaired) electrons. The van der Waals surface area contributed by atoms with E-state index in [2.05, 4.69) is 30.9 Å². The third kappa shape index (κ3) is 5.12. The van der Waals surface area contributed by atoms with Crippen molar-refractivity contribution in [1.82, 2.24) is 14.2 Å². The fourth-order valence-corrected chi connectivity index (χ4v) is 6.86. The molecule has 4 aromatic rings. The average molecular weight is 535 g/mol. The SMILES string of the molecule is Cc1ccc(C)c2sc(N3CCN(C(=O)c4ccc(S(=O)(=O)N(C)Cc5ccccc5)cc4)CC3)nc12. The molecule has 0 spiro atoms. The van der Waals surface area contributed by atoms with Gasteiger partial charge in [0.25, 0.3) is 5.91 Å². The summed E-state index contributed by atoms with van der Waals surface area (Å²) >= 11 is 1.71. The van der Waals surface area contributed by atoms with Gasteiger partial charge in [0, 0.05) is 45.3 Å². The predicted octanol–water partition coefficient (Wildman–Crippen LogP) is 4.70. The van der Waals surface area contributed by atoms with Crippen molar-refractivity contribution in [2.24, 2.45) is 0 Å². The number of hydrogen-bond acceptors (Lipinski definition) is 6. The molecule has 3 aromatic carbocycles. The first-order valence-electron chi connectivity index (χ1n) is 12.3. The van der Waals surface area contributed by atoms with Gasteiger partial charge in [0.05, 0.1) is 15.1 Å². The van der Waals surface area contributed by atoms with E-state index in [-0.39, 0.29) is 17.3 Å². The lowest BCUT2D eigenvalue weighted by Gasteiger charge is -2.34. The van der Waals surface area contributed by atoms with Crippen LogP contribution >= 0.6 is 11.3 Å². The predicted molar refractivity (Wildman–Crippen MR) is 149 cm³/mol. The zero-order valence-corrected chi connectivity index (χ0v) is 22.8. The minimum absolute atomic E-state index is 0.0859. The zero-order chi connectivity index (χ0) is 26.2. The highest BCUT2D eigenvalue weighted by Crippen LogP contribution is 2.33. The number of benzene rings is 3. The second kappa shape index (κ2) is 10.2. The Kier molecular flexibility index (Phi) is 7.02. The van der Waals surface area contributed by atoms with Crippen molar-refractivity contribution in [2.45, 2.75) is 25.3 Å². The molecule has 0 unspecified atom stereocenters. The molecule has 0 N–H and O–H groups in total. The van der Waals surface area contributed by atoms with Crippen molar-refractivity contribution < 1.29 is 13.2 Å². The molecule has 1 saturated heterocycles. The molecule has 1 aromatic heterocycles. The van der Waals surface area contributed by atoms with E-state index in [4.69, 9.17) is 4.98 Å². The van der Waals surface area contributed by atoms with Gasteiger partial charge in [-0.05, 0) is 54.8 Å². The van der Waals surface area contributed by atoms with Crippen LogP contribution in [-0.2, 0) is 16.6 Å². The molecule has 2 heterocycles. The summed E-state index contributed by atoms with van der Waals surface area (Å²) in [5.41, 5.74) is 4.87. The third-order valence-corrected chi connectivity index (χ3v) is 9.89. The first kappa shape index (κ1) is 25.4. The normalized spacial score (nSPS) is 14.5. The monoisotopic (exact) mass is 534 g/mol. The second-order valence-electron chi connectivity index (χ2n) is 9.42. The number of hydrogen-bond donors (Lipinski definition) is 0. The number of piperazine rings is 1. The largest absolute Gasteiger partial charge is 0.345 e. The van der Waals surface area contributed by atoms with Gasteiger partial charge in [-0.2, -0.15) is 4.31 Å². The first-order valence-corrected chi connectivity index (χ1v) is 14.5. The van der Waals surface area contributed by atoms with E-state index in [1.54, 1.807) is 30.5 Å². The smallest absolute Gasteiger partial charge is 0.253 e. The number of fused-ring (bicyclic) bond motifs is 1. The molecular formula is C28H30N4O3S2. The van der Waals surface area contributed by atoms with Crippen molar-refractivity contribution in [2.75, 3.05) is 38.1 Å². The van der Waals surface area contributed by atoms with Crippen LogP contribution in [0.4, 0.5) is 5.13 Å². The zero-order valence-electron chi connectivity index (χ0n) is 21.2. The summed E-state index contributed by atoms with van der Waals surface area (Å²) in [5, 5.41) is 0.994. The van der Waals surface area contributed by atoms with E-state index in [0.29, 0.717) is 31.7 Å². The highest BCUT2D eigenvalue weighted by Gasteiger charge is 2.26. The Morgan fingerprint density at radius 2 is 1.57 bits per heavy atom. The van der Waals surface area contributed by atoms with Crippen LogP contribution in [0, 0.1) is 13.8 Å². The van der Waals surface area contributed by atoms with Gasteiger partial charge in [-0.25, -0.2) is 13.4 Å². The standard InChI is InChI=1S/C28H30N4O3S2/c1-20-9-10-21(2)26-25(20)29-28(36-26)32-17-15-31(16-18-32)27(33)23-11-13-24(14-12-23)37(34,35)30(3)19-22-7-5-4-6-8-22/h4-14H,15-19H2,1-3H3. The van der Waals surface area contributed by atoms with Crippen LogP contribution in [0.2, 0.25) is 0 Å². The van der Waals surface area contributed by atoms with Crippen molar-refractivity contribution in [3.63, 3.8) is 0 Å². The number of aryl methyl sites for hydroxylation is 2. The summed E-state index contributed by atoms with van der Waals surface area (Å²) in [7, 11) is -2.10. The number of anilines is 1. The van der Waals surface area contributed by atoms with Crippen LogP contribution in [-0.4, -0.2) is 61.7 Å². The molecule has 1 amide bonds. The minimum Gasteiger partial charge on any atom is -0.345 e. The molecule has 0 saturated carbocycles. The van der Waals surface area contributed by atoms with E-state index in [9.17, 15) is 13.2 Å². The summed E-state index contributed by atoms with van der Waals surface area (Å²) in [6, 6.07) is 20.0. The molecule has 1 aliphatic rings. The van der Waals surface area contributed by atoms with E-state index in [0.717, 1.165) is 16.2 Å². The van der Waals surface area contributed by atoms with Crippen LogP contribution in [0.5, 0.6) is 0 Å². The Labute approximate surface area is 222 Å². The highest BCUT2D eigenvalue weighted by atomic mass is 32.2. The number of carbonyl (C=O) groups is 1. The number of aromatic nitrogens is 1. The van der Waals surface area contributed by atoms with Gasteiger partial charge in [-0.15, -0.1) is 0 Å². The van der Waals surface area contributed by atoms with E-state index >= 15 is 0 Å². The molecule has 7 nitrogen and oxygen atoms in total. The Bertz CT molecular complexity index is 1490. The highest BCUT2D eigenvalue weighted by molar-refractivity contribution is 7.89. The van der Waals surface area contributed by atoms with Gasteiger partial charge in [-0.1, -0.05) is 53.8 Å². The molecule has 0 bridgehead atoms. The van der Waals surface area contributed by atoms with Gasteiger partial charge in [0.1, 0.15) is 0 Å². The van der Waals surface area contributed by atoms with Crippen molar-refractivity contribution in [3.05, 3.63) is 89.0 Å². The summed E-state index contributed by atoms with van der Waals surface area (Å²) in [5.74, 6) is -0.0859. The minimum atomic E-state index is -3.66. The third-order valence-electron chi connectivity index (χ3n) is 6.83. The summed E-state index contributed by atoms with van der Waals surface area (Å²) < 4.78 is 28.6. The number of amides is 1. The fraction of sp³-hybridized carbons (Fsp3) is 0.286. The fourth-order valence-electron chi connectivity index (χ4n) is 4.54. The second-order valence-corrected chi connectivity index (χ2v) is 12.4. The maximum atomic E-state index is 13.1. The van der Waals surface area contributed by atoms with Gasteiger partial charge in [0.15, 0.2) is 5.13 Å². The molecule has 0 atom stereocenters. The van der Waals surface area contributed by atoms with Gasteiger partial charge >= 0.3 is 0 Å². The van der Waals surface area contributed by atoms with E-state index in [1.807, 2.05) is 35.2 Å². The van der Waals surface area contributed by atoms with Crippen LogP contribution in [0.3, 0.4) is 0 Å². The Morgan fingerprint density at radius 1 is 0.919 bits per heavy atom. The molecule has 0 aliphatic carbocycles. The lowest BCUT2D eigenvalue weighted by atomic mass is 10.1. The van der Waals surface area contributed by atoms with Crippen LogP contribution in [0.15, 0.2) is 71.6 Å². The average Bonchev–Trinajstić information content (AvgIpc) is 3.38. The van der Waals surface area contributed by atoms with Crippen molar-refractivity contribution in [1.29, 1.82) is 0 Å². The summed E-state index contributed by atoms with van der Waals surface area (Å²) in [4.78, 5) is 22.3. The van der Waals surface area contributed by atoms with Crippen molar-refractivity contribution in [3.8, 4) is 0 Å². The Balaban J connectivity index is 1.23. The molecule has 5 rings (SSSR count). The molecule has 1 fully saturated rings. The number of thiazole rings is 1. The first-order chi connectivity index (χ1) is 17.7. The maximum absolute atomic E-state index is 13.1. The summed E-state index contributed by atoms with van der Waals surface area (Å²) in [6.07, 6.45) is 0. The van der Waals surface area contributed by atoms with Crippen LogP contribution in [0.1, 0.15) is 27.0 Å². The van der Waals surface area contributed by atoms with Crippen LogP contribution < -0.4 is 4.90 Å². The number of rotatable bonds is 6. The number of carbonyl (C=O) groups excluding carboxylic acids is 1. The van der Waals surface area contributed by atoms with E-state index in [1.165, 1.54) is 32.3 Å². The Hall–Kier alpha value is -3.27. The number of nitrogens with zero attached hydrogens (tertiary/aromatic N) is 4. The lowest BCUT2D eigenvalue weighted by Crippen LogP contribution is -2.48. The van der Waals surface area contributed by atoms with Gasteiger partial charge in [0.2, 0.25) is 10.0 Å². The lowest BCUT2D eigenvalue weighted by molar-refractivity contribution is 0.0746. The summed E-state index contributed by atoms with van der Waals surface area (Å²) in [6.45, 7) is 7.07. The van der Waals surface area contributed by atoms with Crippen molar-refractivity contribution >= 4 is 42.6 Å². The Morgan fingerprint density at radius 3 is 2.22 bits per heavy atom. The van der Waals surface area contributed by atoms with Gasteiger partial charge in [-0.3, -0.25) is 4.79 Å². The van der Waals surface area contributed by atoms with Crippen LogP contribution in [0.25, 0.3) is 10.2 Å². The van der Waals surface area contributed by atoms with E-state index < -0.39 is 10.0 Å². The molecule has 37 heavy (non-hydrogen) atoms.